The molecule has 6 aromatic heterocycles. The summed E-state index contributed by atoms with van der Waals surface area (Å²) in [6.45, 7) is 22.0. The maximum absolute atomic E-state index is 5.16. The quantitative estimate of drug-likeness (QED) is 0.167. The van der Waals surface area contributed by atoms with Crippen molar-refractivity contribution in [3.63, 3.8) is 0 Å². The molecule has 0 saturated carbocycles. The second-order valence-corrected chi connectivity index (χ2v) is 23.0. The predicted octanol–water partition coefficient (Wildman–Crippen LogP) is 19.3. The van der Waals surface area contributed by atoms with Crippen LogP contribution in [0.15, 0.2) is 182 Å². The molecule has 15 rings (SSSR count). The fourth-order valence-corrected chi connectivity index (χ4v) is 13.6. The summed E-state index contributed by atoms with van der Waals surface area (Å²) in [4.78, 5) is 10.2. The molecule has 6 heteroatoms. The van der Waals surface area contributed by atoms with Crippen molar-refractivity contribution in [3.05, 3.63) is 238 Å². The number of hydrogen-bond donors (Lipinski definition) is 0. The molecule has 0 atom stereocenters. The Bertz CT molecular complexity index is 4640. The van der Waals surface area contributed by atoms with Crippen LogP contribution in [-0.4, -0.2) is 28.2 Å². The SMILES string of the molecule is Cc1ccc2c(c1)c1cc(C)ccc1n2-c1c(-c2cccnc2)c(-n2c3ccc(C)cc3c3cc(C)ccc32)c(-n2c3ccc(C)cc3c3cc(C)ccc32)c(-c2cc(C)nc(C)c2)c1-n1c2ccc(C)cc2c2cc(C)ccc21. The van der Waals surface area contributed by atoms with Gasteiger partial charge in [-0.15, -0.1) is 0 Å². The summed E-state index contributed by atoms with van der Waals surface area (Å²) in [6, 6.07) is 65.2. The van der Waals surface area contributed by atoms with Gasteiger partial charge in [-0.1, -0.05) is 99.1 Å². The largest absolute Gasteiger partial charge is 0.306 e. The molecule has 6 heterocycles. The van der Waals surface area contributed by atoms with Crippen molar-refractivity contribution in [2.75, 3.05) is 0 Å². The Morgan fingerprint density at radius 3 is 0.725 bits per heavy atom. The highest BCUT2D eigenvalue weighted by Gasteiger charge is 2.36. The monoisotopic (exact) mass is 1030 g/mol. The Balaban J connectivity index is 1.36. The summed E-state index contributed by atoms with van der Waals surface area (Å²) < 4.78 is 10.5. The molecule has 6 nitrogen and oxygen atoms in total. The third-order valence-corrected chi connectivity index (χ3v) is 16.9. The number of aryl methyl sites for hydroxylation is 10. The van der Waals surface area contributed by atoms with Gasteiger partial charge in [0.05, 0.1) is 66.9 Å². The first-order valence-corrected chi connectivity index (χ1v) is 27.9. The second-order valence-electron chi connectivity index (χ2n) is 23.0. The molecular formula is C74H60N6. The number of rotatable bonds is 6. The zero-order valence-corrected chi connectivity index (χ0v) is 47.0. The molecule has 0 spiro atoms. The van der Waals surface area contributed by atoms with Gasteiger partial charge in [-0.2, -0.15) is 0 Å². The lowest BCUT2D eigenvalue weighted by Crippen LogP contribution is -2.16. The maximum atomic E-state index is 5.16. The third-order valence-electron chi connectivity index (χ3n) is 16.9. The summed E-state index contributed by atoms with van der Waals surface area (Å²) in [6.07, 6.45) is 4.01. The molecule has 0 saturated heterocycles. The van der Waals surface area contributed by atoms with Crippen LogP contribution in [0.5, 0.6) is 0 Å². The highest BCUT2D eigenvalue weighted by Crippen LogP contribution is 2.55. The number of pyridine rings is 2. The van der Waals surface area contributed by atoms with E-state index in [1.807, 2.05) is 6.20 Å². The van der Waals surface area contributed by atoms with Gasteiger partial charge in [0.25, 0.3) is 0 Å². The summed E-state index contributed by atoms with van der Waals surface area (Å²) in [7, 11) is 0. The van der Waals surface area contributed by atoms with Gasteiger partial charge < -0.3 is 18.3 Å². The van der Waals surface area contributed by atoms with Crippen LogP contribution >= 0.6 is 0 Å². The summed E-state index contributed by atoms with van der Waals surface area (Å²) in [5.41, 5.74) is 29.0. The van der Waals surface area contributed by atoms with Crippen LogP contribution in [-0.2, 0) is 0 Å². The molecule has 15 aromatic rings. The van der Waals surface area contributed by atoms with Crippen LogP contribution in [0.25, 0.3) is 132 Å². The van der Waals surface area contributed by atoms with Crippen molar-refractivity contribution in [1.29, 1.82) is 0 Å². The van der Waals surface area contributed by atoms with Crippen molar-refractivity contribution in [1.82, 2.24) is 28.2 Å². The lowest BCUT2D eigenvalue weighted by Gasteiger charge is -2.31. The number of benzene rings is 9. The molecule has 0 unspecified atom stereocenters. The number of hydrogen-bond acceptors (Lipinski definition) is 2. The molecule has 80 heavy (non-hydrogen) atoms. The molecule has 386 valence electrons. The van der Waals surface area contributed by atoms with Crippen LogP contribution < -0.4 is 0 Å². The van der Waals surface area contributed by atoms with Crippen LogP contribution in [0.2, 0.25) is 0 Å². The Hall–Kier alpha value is -9.52. The van der Waals surface area contributed by atoms with Crippen LogP contribution in [0.1, 0.15) is 55.9 Å². The van der Waals surface area contributed by atoms with Crippen molar-refractivity contribution in [2.24, 2.45) is 0 Å². The molecule has 0 aliphatic carbocycles. The van der Waals surface area contributed by atoms with Gasteiger partial charge in [0.2, 0.25) is 0 Å². The molecule has 9 aromatic carbocycles. The van der Waals surface area contributed by atoms with Crippen molar-refractivity contribution in [3.8, 4) is 45.0 Å². The Kier molecular flexibility index (Phi) is 10.4. The van der Waals surface area contributed by atoms with E-state index >= 15 is 0 Å². The van der Waals surface area contributed by atoms with Crippen LogP contribution in [0.3, 0.4) is 0 Å². The molecule has 0 aliphatic heterocycles. The van der Waals surface area contributed by atoms with Gasteiger partial charge in [-0.25, -0.2) is 0 Å². The fraction of sp³-hybridized carbons (Fsp3) is 0.135. The van der Waals surface area contributed by atoms with Gasteiger partial charge >= 0.3 is 0 Å². The molecule has 0 aliphatic rings. The highest BCUT2D eigenvalue weighted by atomic mass is 15.1. The first-order chi connectivity index (χ1) is 38.8. The van der Waals surface area contributed by atoms with Crippen LogP contribution in [0, 0.1) is 69.2 Å². The Morgan fingerprint density at radius 1 is 0.263 bits per heavy atom. The van der Waals surface area contributed by atoms with Gasteiger partial charge in [-0.3, -0.25) is 9.97 Å². The summed E-state index contributed by atoms with van der Waals surface area (Å²) >= 11 is 0. The average molecular weight is 1030 g/mol. The number of fused-ring (bicyclic) bond motifs is 12. The predicted molar refractivity (Wildman–Crippen MR) is 338 cm³/mol. The lowest BCUT2D eigenvalue weighted by atomic mass is 9.90. The van der Waals surface area contributed by atoms with E-state index in [4.69, 9.17) is 9.97 Å². The maximum Gasteiger partial charge on any atom is 0.0811 e. The lowest BCUT2D eigenvalue weighted by molar-refractivity contribution is 1.04. The first kappa shape index (κ1) is 47.7. The minimum absolute atomic E-state index is 0.948. The summed E-state index contributed by atoms with van der Waals surface area (Å²) in [5, 5.41) is 9.67. The fourth-order valence-electron chi connectivity index (χ4n) is 13.6. The van der Waals surface area contributed by atoms with Crippen molar-refractivity contribution < 1.29 is 0 Å². The van der Waals surface area contributed by atoms with E-state index in [9.17, 15) is 0 Å². The standard InChI is InChI=1S/C74H60N6/c1-41-13-21-61-53(30-41)54-31-42(2)14-22-62(54)77(61)71-69(51-12-11-29-75-40-51)72(78-63-23-15-43(3)32-55(63)56-33-44(4)16-24-64(56)78)74(80-67-27-19-47(7)36-59(67)60-37-48(8)20-28-68(60)80)70(52-38-49(9)76-50(10)39-52)73(71)79-65-25-17-45(5)34-57(65)58-35-46(6)18-26-66(58)79/h11-40H,1-10H3. The molecule has 0 amide bonds. The van der Waals surface area contributed by atoms with Crippen molar-refractivity contribution in [2.45, 2.75) is 69.2 Å². The smallest absolute Gasteiger partial charge is 0.0811 e. The van der Waals surface area contributed by atoms with Gasteiger partial charge in [0.15, 0.2) is 0 Å². The van der Waals surface area contributed by atoms with E-state index in [1.165, 1.54) is 87.6 Å². The third kappa shape index (κ3) is 7.04. The van der Waals surface area contributed by atoms with Gasteiger partial charge in [0, 0.05) is 83.6 Å². The van der Waals surface area contributed by atoms with E-state index in [0.29, 0.717) is 0 Å². The van der Waals surface area contributed by atoms with Gasteiger partial charge in [-0.05, 0) is 190 Å². The Morgan fingerprint density at radius 2 is 0.500 bits per heavy atom. The van der Waals surface area contributed by atoms with E-state index in [-0.39, 0.29) is 0 Å². The second kappa shape index (κ2) is 17.5. The van der Waals surface area contributed by atoms with E-state index in [2.05, 4.69) is 264 Å². The highest BCUT2D eigenvalue weighted by molar-refractivity contribution is 6.19. The molecule has 0 N–H and O–H groups in total. The van der Waals surface area contributed by atoms with E-state index in [0.717, 1.165) is 101 Å². The van der Waals surface area contributed by atoms with E-state index in [1.54, 1.807) is 0 Å². The zero-order valence-electron chi connectivity index (χ0n) is 47.0. The molecule has 0 radical (unpaired) electrons. The Labute approximate surface area is 465 Å². The minimum Gasteiger partial charge on any atom is -0.306 e. The van der Waals surface area contributed by atoms with E-state index < -0.39 is 0 Å². The molecule has 0 bridgehead atoms. The normalized spacial score (nSPS) is 12.1. The average Bonchev–Trinajstić information content (AvgIpc) is 3.74. The molecule has 0 fully saturated rings. The zero-order chi connectivity index (χ0) is 54.6. The van der Waals surface area contributed by atoms with Crippen molar-refractivity contribution >= 4 is 87.2 Å². The number of nitrogens with zero attached hydrogens (tertiary/aromatic N) is 6. The van der Waals surface area contributed by atoms with Crippen LogP contribution in [0.4, 0.5) is 0 Å². The minimum atomic E-state index is 0.948. The first-order valence-electron chi connectivity index (χ1n) is 27.9. The topological polar surface area (TPSA) is 45.5 Å². The molecular weight excluding hydrogens is 973 g/mol. The van der Waals surface area contributed by atoms with Gasteiger partial charge in [0.1, 0.15) is 0 Å². The number of aromatic nitrogens is 6. The summed E-state index contributed by atoms with van der Waals surface area (Å²) in [5.74, 6) is 0.